The topological polar surface area (TPSA) is 35.5 Å². The van der Waals surface area contributed by atoms with E-state index in [0.29, 0.717) is 6.07 Å². The van der Waals surface area contributed by atoms with Gasteiger partial charge in [-0.15, -0.1) is 0 Å². The zero-order chi connectivity index (χ0) is 9.84. The lowest BCUT2D eigenvalue weighted by Crippen LogP contribution is -2.07. The maximum atomic E-state index is 12.5. The number of benzene rings is 1. The Morgan fingerprint density at radius 1 is 1.23 bits per heavy atom. The van der Waals surface area contributed by atoms with Gasteiger partial charge in [0.25, 0.3) is 0 Å². The third-order valence-electron chi connectivity index (χ3n) is 1.20. The van der Waals surface area contributed by atoms with Crippen molar-refractivity contribution in [3.05, 3.63) is 29.8 Å². The highest BCUT2D eigenvalue weighted by Crippen LogP contribution is 2.15. The van der Waals surface area contributed by atoms with Gasteiger partial charge in [0.15, 0.2) is 0 Å². The van der Waals surface area contributed by atoms with E-state index in [1.54, 1.807) is 0 Å². The van der Waals surface area contributed by atoms with Crippen LogP contribution in [0.2, 0.25) is 0 Å². The van der Waals surface area contributed by atoms with E-state index in [-0.39, 0.29) is 5.75 Å². The second-order valence-electron chi connectivity index (χ2n) is 2.16. The van der Waals surface area contributed by atoms with Crippen LogP contribution in [0.5, 0.6) is 5.75 Å². The van der Waals surface area contributed by atoms with E-state index in [1.165, 1.54) is 0 Å². The van der Waals surface area contributed by atoms with Crippen molar-refractivity contribution in [3.63, 3.8) is 0 Å². The number of hydrogen-bond donors (Lipinski definition) is 0. The van der Waals surface area contributed by atoms with E-state index in [2.05, 4.69) is 9.47 Å². The van der Waals surface area contributed by atoms with Crippen molar-refractivity contribution in [1.82, 2.24) is 0 Å². The summed E-state index contributed by atoms with van der Waals surface area (Å²) >= 11 is 0. The number of methoxy groups -OCH3 is 1. The van der Waals surface area contributed by atoms with Gasteiger partial charge in [0.05, 0.1) is 7.11 Å². The lowest BCUT2D eigenvalue weighted by molar-refractivity contribution is 0.121. The van der Waals surface area contributed by atoms with Crippen LogP contribution in [0.25, 0.3) is 0 Å². The minimum Gasteiger partial charge on any atom is -0.437 e. The van der Waals surface area contributed by atoms with E-state index in [9.17, 15) is 13.6 Å². The van der Waals surface area contributed by atoms with Crippen LogP contribution in [0.4, 0.5) is 13.6 Å². The van der Waals surface area contributed by atoms with Crippen molar-refractivity contribution < 1.29 is 23.0 Å². The van der Waals surface area contributed by atoms with Crippen LogP contribution in [-0.4, -0.2) is 13.3 Å². The fourth-order valence-electron chi connectivity index (χ4n) is 0.725. The molecule has 0 aliphatic carbocycles. The molecule has 0 spiro atoms. The monoisotopic (exact) mass is 188 g/mol. The lowest BCUT2D eigenvalue weighted by Gasteiger charge is -2.01. The van der Waals surface area contributed by atoms with Crippen molar-refractivity contribution in [3.8, 4) is 5.75 Å². The minimum absolute atomic E-state index is 0.232. The maximum Gasteiger partial charge on any atom is 0.513 e. The van der Waals surface area contributed by atoms with Gasteiger partial charge < -0.3 is 9.47 Å². The Kier molecular flexibility index (Phi) is 2.79. The molecule has 0 N–H and O–H groups in total. The molecular weight excluding hydrogens is 182 g/mol. The highest BCUT2D eigenvalue weighted by atomic mass is 19.1. The Balaban J connectivity index is 2.83. The maximum absolute atomic E-state index is 12.5. The summed E-state index contributed by atoms with van der Waals surface area (Å²) in [5.41, 5.74) is 0. The zero-order valence-corrected chi connectivity index (χ0v) is 6.71. The molecule has 0 unspecified atom stereocenters. The van der Waals surface area contributed by atoms with Crippen LogP contribution in [0.3, 0.4) is 0 Å². The molecule has 0 bridgehead atoms. The average Bonchev–Trinajstić information content (AvgIpc) is 2.02. The van der Waals surface area contributed by atoms with E-state index in [0.717, 1.165) is 19.2 Å². The van der Waals surface area contributed by atoms with Crippen LogP contribution in [0.1, 0.15) is 0 Å². The third kappa shape index (κ3) is 2.70. The Morgan fingerprint density at radius 3 is 2.23 bits per heavy atom. The van der Waals surface area contributed by atoms with E-state index >= 15 is 0 Å². The number of halogens is 2. The predicted molar refractivity (Wildman–Crippen MR) is 39.4 cm³/mol. The first-order valence-corrected chi connectivity index (χ1v) is 3.33. The summed E-state index contributed by atoms with van der Waals surface area (Å²) < 4.78 is 33.5. The van der Waals surface area contributed by atoms with Gasteiger partial charge in [0.1, 0.15) is 17.4 Å². The number of carbonyl (C=O) groups excluding carboxylic acids is 1. The second kappa shape index (κ2) is 3.84. The first kappa shape index (κ1) is 9.44. The highest BCUT2D eigenvalue weighted by Gasteiger charge is 2.06. The fraction of sp³-hybridized carbons (Fsp3) is 0.125. The van der Waals surface area contributed by atoms with Crippen LogP contribution >= 0.6 is 0 Å². The summed E-state index contributed by atoms with van der Waals surface area (Å²) in [5.74, 6) is -1.87. The molecule has 0 heterocycles. The summed E-state index contributed by atoms with van der Waals surface area (Å²) in [7, 11) is 1.10. The number of rotatable bonds is 1. The molecule has 0 aromatic heterocycles. The SMILES string of the molecule is COC(=O)Oc1cc(F)cc(F)c1. The van der Waals surface area contributed by atoms with Gasteiger partial charge >= 0.3 is 6.16 Å². The zero-order valence-electron chi connectivity index (χ0n) is 6.71. The molecule has 0 amide bonds. The predicted octanol–water partition coefficient (Wildman–Crippen LogP) is 2.11. The highest BCUT2D eigenvalue weighted by molar-refractivity contribution is 5.63. The Labute approximate surface area is 72.9 Å². The average molecular weight is 188 g/mol. The smallest absolute Gasteiger partial charge is 0.437 e. The number of carbonyl (C=O) groups is 1. The molecule has 0 saturated heterocycles. The molecule has 0 radical (unpaired) electrons. The van der Waals surface area contributed by atoms with Crippen LogP contribution in [-0.2, 0) is 4.74 Å². The lowest BCUT2D eigenvalue weighted by atomic mass is 10.3. The largest absolute Gasteiger partial charge is 0.513 e. The Hall–Kier alpha value is -1.65. The summed E-state index contributed by atoms with van der Waals surface area (Å²) in [6.07, 6.45) is -1.02. The normalized spacial score (nSPS) is 9.46. The number of ether oxygens (including phenoxy) is 2. The van der Waals surface area contributed by atoms with Crippen molar-refractivity contribution in [1.29, 1.82) is 0 Å². The van der Waals surface area contributed by atoms with Gasteiger partial charge in [0, 0.05) is 18.2 Å². The molecule has 0 atom stereocenters. The summed E-state index contributed by atoms with van der Waals surface area (Å²) in [5, 5.41) is 0. The van der Waals surface area contributed by atoms with Crippen LogP contribution < -0.4 is 4.74 Å². The van der Waals surface area contributed by atoms with Crippen LogP contribution in [0.15, 0.2) is 18.2 Å². The standard InChI is InChI=1S/C8H6F2O3/c1-12-8(11)13-7-3-5(9)2-6(10)4-7/h2-4H,1H3. The molecule has 0 aliphatic rings. The second-order valence-corrected chi connectivity index (χ2v) is 2.16. The third-order valence-corrected chi connectivity index (χ3v) is 1.20. The van der Waals surface area contributed by atoms with Gasteiger partial charge in [-0.25, -0.2) is 13.6 Å². The van der Waals surface area contributed by atoms with Gasteiger partial charge in [-0.3, -0.25) is 0 Å². The van der Waals surface area contributed by atoms with Crippen molar-refractivity contribution in [2.45, 2.75) is 0 Å². The van der Waals surface area contributed by atoms with Crippen LogP contribution in [0, 0.1) is 11.6 Å². The van der Waals surface area contributed by atoms with Gasteiger partial charge in [-0.05, 0) is 0 Å². The van der Waals surface area contributed by atoms with Crippen molar-refractivity contribution >= 4 is 6.16 Å². The summed E-state index contributed by atoms with van der Waals surface area (Å²) in [6.45, 7) is 0. The van der Waals surface area contributed by atoms with E-state index < -0.39 is 17.8 Å². The molecule has 70 valence electrons. The first-order valence-electron chi connectivity index (χ1n) is 3.33. The summed E-state index contributed by atoms with van der Waals surface area (Å²) in [6, 6.07) is 2.42. The molecule has 13 heavy (non-hydrogen) atoms. The van der Waals surface area contributed by atoms with Gasteiger partial charge in [0.2, 0.25) is 0 Å². The molecule has 0 saturated carbocycles. The minimum atomic E-state index is -1.02. The molecule has 1 rings (SSSR count). The first-order chi connectivity index (χ1) is 6.11. The molecule has 5 heteroatoms. The van der Waals surface area contributed by atoms with Gasteiger partial charge in [-0.2, -0.15) is 0 Å². The number of hydrogen-bond acceptors (Lipinski definition) is 3. The van der Waals surface area contributed by atoms with E-state index in [4.69, 9.17) is 0 Å². The van der Waals surface area contributed by atoms with Crippen molar-refractivity contribution in [2.24, 2.45) is 0 Å². The molecule has 3 nitrogen and oxygen atoms in total. The molecule has 1 aromatic rings. The Morgan fingerprint density at radius 2 is 1.77 bits per heavy atom. The quantitative estimate of drug-likeness (QED) is 0.500. The molecule has 0 aliphatic heterocycles. The molecule has 0 fully saturated rings. The fourth-order valence-corrected chi connectivity index (χ4v) is 0.725. The summed E-state index contributed by atoms with van der Waals surface area (Å²) in [4.78, 5) is 10.5. The van der Waals surface area contributed by atoms with Crippen molar-refractivity contribution in [2.75, 3.05) is 7.11 Å². The molecule has 1 aromatic carbocycles. The van der Waals surface area contributed by atoms with E-state index in [1.807, 2.05) is 0 Å². The van der Waals surface area contributed by atoms with Gasteiger partial charge in [-0.1, -0.05) is 0 Å². The Bertz CT molecular complexity index is 305. The molecular formula is C8H6F2O3.